The van der Waals surface area contributed by atoms with E-state index in [0.29, 0.717) is 0 Å². The van der Waals surface area contributed by atoms with Crippen LogP contribution in [-0.2, 0) is 4.79 Å². The molecule has 0 saturated heterocycles. The first-order chi connectivity index (χ1) is 9.08. The molecule has 0 aliphatic rings. The van der Waals surface area contributed by atoms with Crippen LogP contribution in [0.5, 0.6) is 0 Å². The second-order valence-electron chi connectivity index (χ2n) is 4.29. The Hall–Kier alpha value is -1.81. The highest BCUT2D eigenvalue weighted by atomic mass is 79.9. The average molecular weight is 320 g/mol. The minimum Gasteiger partial charge on any atom is -0.479 e. The van der Waals surface area contributed by atoms with Gasteiger partial charge in [-0.2, -0.15) is 0 Å². The van der Waals surface area contributed by atoms with Crippen molar-refractivity contribution in [3.05, 3.63) is 64.1 Å². The Labute approximate surface area is 120 Å². The summed E-state index contributed by atoms with van der Waals surface area (Å²) >= 11 is 3.43. The van der Waals surface area contributed by atoms with Crippen LogP contribution in [0, 0.1) is 6.92 Å². The summed E-state index contributed by atoms with van der Waals surface area (Å²) < 4.78 is 1.00. The van der Waals surface area contributed by atoms with Crippen LogP contribution in [0.3, 0.4) is 0 Å². The van der Waals surface area contributed by atoms with Gasteiger partial charge in [-0.05, 0) is 36.2 Å². The molecule has 0 fully saturated rings. The number of benzene rings is 2. The van der Waals surface area contributed by atoms with Gasteiger partial charge in [0.2, 0.25) is 0 Å². The van der Waals surface area contributed by atoms with E-state index >= 15 is 0 Å². The lowest BCUT2D eigenvalue weighted by Gasteiger charge is -2.16. The van der Waals surface area contributed by atoms with E-state index in [1.54, 1.807) is 12.1 Å². The van der Waals surface area contributed by atoms with Crippen molar-refractivity contribution in [2.45, 2.75) is 13.0 Å². The Balaban J connectivity index is 2.27. The molecule has 0 amide bonds. The number of aliphatic carboxylic acids is 1. The number of anilines is 1. The highest BCUT2D eigenvalue weighted by Crippen LogP contribution is 2.24. The summed E-state index contributed by atoms with van der Waals surface area (Å²) in [7, 11) is 0. The smallest absolute Gasteiger partial charge is 0.330 e. The van der Waals surface area contributed by atoms with E-state index in [1.165, 1.54) is 0 Å². The highest BCUT2D eigenvalue weighted by Gasteiger charge is 2.19. The monoisotopic (exact) mass is 319 g/mol. The first-order valence-corrected chi connectivity index (χ1v) is 6.67. The van der Waals surface area contributed by atoms with Gasteiger partial charge in [0.1, 0.15) is 0 Å². The SMILES string of the molecule is Cc1cc(NC(C(=O)O)c2ccccc2)ccc1Br. The maximum Gasteiger partial charge on any atom is 0.330 e. The van der Waals surface area contributed by atoms with Crippen LogP contribution in [0.2, 0.25) is 0 Å². The van der Waals surface area contributed by atoms with Gasteiger partial charge in [0.15, 0.2) is 6.04 Å². The van der Waals surface area contributed by atoms with Crippen molar-refractivity contribution in [3.63, 3.8) is 0 Å². The number of aryl methyl sites for hydroxylation is 1. The first-order valence-electron chi connectivity index (χ1n) is 5.88. The Kier molecular flexibility index (Phi) is 4.22. The predicted octanol–water partition coefficient (Wildman–Crippen LogP) is 4.00. The molecule has 1 unspecified atom stereocenters. The largest absolute Gasteiger partial charge is 0.479 e. The van der Waals surface area contributed by atoms with Gasteiger partial charge < -0.3 is 10.4 Å². The zero-order valence-electron chi connectivity index (χ0n) is 10.4. The molecule has 2 aromatic carbocycles. The van der Waals surface area contributed by atoms with Gasteiger partial charge in [-0.15, -0.1) is 0 Å². The van der Waals surface area contributed by atoms with Crippen molar-refractivity contribution < 1.29 is 9.90 Å². The third-order valence-electron chi connectivity index (χ3n) is 2.85. The summed E-state index contributed by atoms with van der Waals surface area (Å²) in [5.74, 6) is -0.897. The fourth-order valence-corrected chi connectivity index (χ4v) is 2.08. The molecule has 0 heterocycles. The molecular formula is C15H14BrNO2. The maximum atomic E-state index is 11.4. The molecule has 0 aliphatic heterocycles. The highest BCUT2D eigenvalue weighted by molar-refractivity contribution is 9.10. The summed E-state index contributed by atoms with van der Waals surface area (Å²) in [6.45, 7) is 1.97. The molecule has 2 N–H and O–H groups in total. The minimum absolute atomic E-state index is 0.732. The Morgan fingerprint density at radius 1 is 1.21 bits per heavy atom. The number of rotatable bonds is 4. The number of halogens is 1. The Bertz CT molecular complexity index is 584. The van der Waals surface area contributed by atoms with Crippen LogP contribution in [-0.4, -0.2) is 11.1 Å². The van der Waals surface area contributed by atoms with E-state index in [0.717, 1.165) is 21.3 Å². The zero-order valence-corrected chi connectivity index (χ0v) is 12.0. The molecule has 0 saturated carbocycles. The lowest BCUT2D eigenvalue weighted by Crippen LogP contribution is -2.20. The van der Waals surface area contributed by atoms with E-state index in [-0.39, 0.29) is 0 Å². The molecule has 19 heavy (non-hydrogen) atoms. The summed E-state index contributed by atoms with van der Waals surface area (Å²) in [5, 5.41) is 12.4. The van der Waals surface area contributed by atoms with Crippen molar-refractivity contribution in [1.82, 2.24) is 0 Å². The van der Waals surface area contributed by atoms with Crippen molar-refractivity contribution in [2.24, 2.45) is 0 Å². The second-order valence-corrected chi connectivity index (χ2v) is 5.14. The van der Waals surface area contributed by atoms with Crippen LogP contribution in [0.25, 0.3) is 0 Å². The van der Waals surface area contributed by atoms with Crippen LogP contribution in [0.4, 0.5) is 5.69 Å². The Morgan fingerprint density at radius 3 is 2.47 bits per heavy atom. The normalized spacial score (nSPS) is 11.9. The third kappa shape index (κ3) is 3.35. The fraction of sp³-hybridized carbons (Fsp3) is 0.133. The molecular weight excluding hydrogens is 306 g/mol. The standard InChI is InChI=1S/C15H14BrNO2/c1-10-9-12(7-8-13(10)16)17-14(15(18)19)11-5-3-2-4-6-11/h2-9,14,17H,1H3,(H,18,19). The predicted molar refractivity (Wildman–Crippen MR) is 79.3 cm³/mol. The summed E-state index contributed by atoms with van der Waals surface area (Å²) in [5.41, 5.74) is 2.58. The maximum absolute atomic E-state index is 11.4. The summed E-state index contributed by atoms with van der Waals surface area (Å²) in [6.07, 6.45) is 0. The first kappa shape index (κ1) is 13.6. The van der Waals surface area contributed by atoms with Gasteiger partial charge in [-0.1, -0.05) is 46.3 Å². The number of carboxylic acids is 1. The topological polar surface area (TPSA) is 49.3 Å². The lowest BCUT2D eigenvalue weighted by molar-refractivity contribution is -0.138. The lowest BCUT2D eigenvalue weighted by atomic mass is 10.1. The van der Waals surface area contributed by atoms with Crippen molar-refractivity contribution in [2.75, 3.05) is 5.32 Å². The molecule has 2 aromatic rings. The summed E-state index contributed by atoms with van der Waals surface area (Å²) in [6, 6.07) is 14.1. The molecule has 0 aromatic heterocycles. The zero-order chi connectivity index (χ0) is 13.8. The molecule has 0 bridgehead atoms. The number of hydrogen-bond donors (Lipinski definition) is 2. The number of carbonyl (C=O) groups is 1. The number of hydrogen-bond acceptors (Lipinski definition) is 2. The minimum atomic E-state index is -0.897. The van der Waals surface area contributed by atoms with Gasteiger partial charge in [-0.3, -0.25) is 0 Å². The van der Waals surface area contributed by atoms with E-state index in [9.17, 15) is 9.90 Å². The molecule has 1 atom stereocenters. The van der Waals surface area contributed by atoms with Crippen molar-refractivity contribution in [1.29, 1.82) is 0 Å². The molecule has 4 heteroatoms. The van der Waals surface area contributed by atoms with Gasteiger partial charge in [-0.25, -0.2) is 4.79 Å². The van der Waals surface area contributed by atoms with E-state index < -0.39 is 12.0 Å². The van der Waals surface area contributed by atoms with Gasteiger partial charge in [0.25, 0.3) is 0 Å². The van der Waals surface area contributed by atoms with Crippen molar-refractivity contribution >= 4 is 27.6 Å². The molecule has 0 aliphatic carbocycles. The number of carboxylic acid groups (broad SMARTS) is 1. The van der Waals surface area contributed by atoms with E-state index in [4.69, 9.17) is 0 Å². The molecule has 98 valence electrons. The van der Waals surface area contributed by atoms with Crippen molar-refractivity contribution in [3.8, 4) is 0 Å². The quantitative estimate of drug-likeness (QED) is 0.895. The van der Waals surface area contributed by atoms with Crippen LogP contribution in [0.15, 0.2) is 53.0 Å². The molecule has 3 nitrogen and oxygen atoms in total. The van der Waals surface area contributed by atoms with Crippen LogP contribution < -0.4 is 5.32 Å². The Morgan fingerprint density at radius 2 is 1.89 bits per heavy atom. The molecule has 0 radical (unpaired) electrons. The van der Waals surface area contributed by atoms with Gasteiger partial charge in [0, 0.05) is 10.2 Å². The fourth-order valence-electron chi connectivity index (χ4n) is 1.83. The van der Waals surface area contributed by atoms with E-state index in [2.05, 4.69) is 21.2 Å². The summed E-state index contributed by atoms with van der Waals surface area (Å²) in [4.78, 5) is 11.4. The molecule has 2 rings (SSSR count). The van der Waals surface area contributed by atoms with Gasteiger partial charge in [0.05, 0.1) is 0 Å². The third-order valence-corrected chi connectivity index (χ3v) is 3.74. The van der Waals surface area contributed by atoms with E-state index in [1.807, 2.05) is 43.3 Å². The van der Waals surface area contributed by atoms with Crippen LogP contribution in [0.1, 0.15) is 17.2 Å². The molecule has 0 spiro atoms. The second kappa shape index (κ2) is 5.89. The average Bonchev–Trinajstić information content (AvgIpc) is 2.40. The number of nitrogens with one attached hydrogen (secondary N) is 1. The van der Waals surface area contributed by atoms with Crippen LogP contribution >= 0.6 is 15.9 Å². The van der Waals surface area contributed by atoms with Gasteiger partial charge >= 0.3 is 5.97 Å².